The van der Waals surface area contributed by atoms with E-state index in [1.807, 2.05) is 24.3 Å². The lowest BCUT2D eigenvalue weighted by Gasteiger charge is -2.22. The maximum absolute atomic E-state index is 9.43. The average molecular weight is 339 g/mol. The molecule has 3 heteroatoms. The highest BCUT2D eigenvalue weighted by molar-refractivity contribution is 5.36. The van der Waals surface area contributed by atoms with Crippen molar-refractivity contribution in [1.82, 2.24) is 4.90 Å². The van der Waals surface area contributed by atoms with Crippen LogP contribution in [0.3, 0.4) is 0 Å². The summed E-state index contributed by atoms with van der Waals surface area (Å²) in [5.41, 5.74) is 2.72. The predicted molar refractivity (Wildman–Crippen MR) is 102 cm³/mol. The number of ether oxygens (including phenoxy) is 1. The molecule has 2 aromatic rings. The fraction of sp³-hybridized carbons (Fsp3) is 0.455. The molecule has 0 amide bonds. The van der Waals surface area contributed by atoms with Crippen molar-refractivity contribution in [3.8, 4) is 11.5 Å². The summed E-state index contributed by atoms with van der Waals surface area (Å²) in [6, 6.07) is 16.9. The van der Waals surface area contributed by atoms with Crippen LogP contribution >= 0.6 is 0 Å². The van der Waals surface area contributed by atoms with E-state index in [-0.39, 0.29) is 12.0 Å². The number of likely N-dealkylation sites (tertiary alicyclic amines) is 1. The Morgan fingerprint density at radius 2 is 1.60 bits per heavy atom. The molecule has 0 unspecified atom stereocenters. The molecule has 2 aromatic carbocycles. The van der Waals surface area contributed by atoms with Gasteiger partial charge in [0.2, 0.25) is 0 Å². The number of hydrogen-bond donors (Lipinski definition) is 1. The Balaban J connectivity index is 1.61. The Morgan fingerprint density at radius 1 is 1.00 bits per heavy atom. The summed E-state index contributed by atoms with van der Waals surface area (Å²) in [4.78, 5) is 2.36. The van der Waals surface area contributed by atoms with E-state index >= 15 is 0 Å². The van der Waals surface area contributed by atoms with Gasteiger partial charge in [-0.2, -0.15) is 0 Å². The normalized spacial score (nSPS) is 18.5. The quantitative estimate of drug-likeness (QED) is 0.854. The molecule has 134 valence electrons. The van der Waals surface area contributed by atoms with Gasteiger partial charge >= 0.3 is 0 Å². The second-order valence-electron chi connectivity index (χ2n) is 7.97. The third kappa shape index (κ3) is 4.62. The van der Waals surface area contributed by atoms with Crippen molar-refractivity contribution in [1.29, 1.82) is 0 Å². The van der Waals surface area contributed by atoms with Crippen molar-refractivity contribution in [3.05, 3.63) is 59.7 Å². The third-order valence-electron chi connectivity index (χ3n) is 4.97. The van der Waals surface area contributed by atoms with E-state index in [1.54, 1.807) is 0 Å². The molecule has 0 bridgehead atoms. The molecule has 0 aliphatic carbocycles. The smallest absolute Gasteiger partial charge is 0.127 e. The number of rotatable bonds is 5. The first-order valence-corrected chi connectivity index (χ1v) is 9.18. The monoisotopic (exact) mass is 339 g/mol. The molecule has 1 saturated heterocycles. The predicted octanol–water partition coefficient (Wildman–Crippen LogP) is 4.73. The van der Waals surface area contributed by atoms with Gasteiger partial charge in [0.15, 0.2) is 0 Å². The maximum Gasteiger partial charge on any atom is 0.127 e. The molecule has 3 rings (SSSR count). The molecule has 1 N–H and O–H groups in total. The van der Waals surface area contributed by atoms with E-state index in [2.05, 4.69) is 49.9 Å². The first-order valence-electron chi connectivity index (χ1n) is 9.18. The molecular formula is C22H29NO2. The Bertz CT molecular complexity index is 671. The number of aliphatic hydroxyl groups excluding tert-OH is 1. The molecule has 1 aliphatic rings. The first kappa shape index (κ1) is 18.0. The molecule has 0 aromatic heterocycles. The zero-order valence-corrected chi connectivity index (χ0v) is 15.5. The summed E-state index contributed by atoms with van der Waals surface area (Å²) in [5.74, 6) is 1.72. The van der Waals surface area contributed by atoms with Gasteiger partial charge in [-0.15, -0.1) is 0 Å². The van der Waals surface area contributed by atoms with Crippen LogP contribution in [-0.4, -0.2) is 29.2 Å². The van der Waals surface area contributed by atoms with Gasteiger partial charge in [-0.1, -0.05) is 45.0 Å². The second-order valence-corrected chi connectivity index (χ2v) is 7.97. The lowest BCUT2D eigenvalue weighted by Crippen LogP contribution is -2.31. The van der Waals surface area contributed by atoms with Gasteiger partial charge < -0.3 is 9.84 Å². The van der Waals surface area contributed by atoms with Crippen LogP contribution < -0.4 is 4.74 Å². The van der Waals surface area contributed by atoms with Crippen molar-refractivity contribution < 1.29 is 9.84 Å². The largest absolute Gasteiger partial charge is 0.457 e. The van der Waals surface area contributed by atoms with Gasteiger partial charge in [0.1, 0.15) is 11.5 Å². The van der Waals surface area contributed by atoms with Crippen molar-refractivity contribution >= 4 is 0 Å². The van der Waals surface area contributed by atoms with E-state index in [4.69, 9.17) is 4.74 Å². The molecule has 0 saturated carbocycles. The zero-order chi connectivity index (χ0) is 17.9. The highest BCUT2D eigenvalue weighted by Gasteiger charge is 2.23. The van der Waals surface area contributed by atoms with E-state index in [9.17, 15) is 5.11 Å². The van der Waals surface area contributed by atoms with Crippen molar-refractivity contribution in [2.75, 3.05) is 13.2 Å². The van der Waals surface area contributed by atoms with Gasteiger partial charge in [0.25, 0.3) is 0 Å². The van der Waals surface area contributed by atoms with Crippen LogP contribution in [0.4, 0.5) is 0 Å². The molecule has 1 atom stereocenters. The van der Waals surface area contributed by atoms with Crippen molar-refractivity contribution in [2.24, 2.45) is 0 Å². The van der Waals surface area contributed by atoms with Crippen molar-refractivity contribution in [2.45, 2.75) is 51.6 Å². The van der Waals surface area contributed by atoms with Gasteiger partial charge in [-0.3, -0.25) is 4.90 Å². The van der Waals surface area contributed by atoms with Crippen LogP contribution in [0.25, 0.3) is 0 Å². The summed E-state index contributed by atoms with van der Waals surface area (Å²) < 4.78 is 5.96. The minimum Gasteiger partial charge on any atom is -0.457 e. The lowest BCUT2D eigenvalue weighted by atomic mass is 9.87. The molecule has 0 radical (unpaired) electrons. The van der Waals surface area contributed by atoms with E-state index in [1.165, 1.54) is 17.5 Å². The first-order chi connectivity index (χ1) is 12.0. The Hall–Kier alpha value is -1.84. The number of benzene rings is 2. The summed E-state index contributed by atoms with van der Waals surface area (Å²) >= 11 is 0. The van der Waals surface area contributed by atoms with E-state index in [0.29, 0.717) is 6.04 Å². The number of nitrogens with zero attached hydrogens (tertiary/aromatic N) is 1. The summed E-state index contributed by atoms with van der Waals surface area (Å²) in [6.45, 7) is 8.86. The number of hydrogen-bond acceptors (Lipinski definition) is 3. The molecule has 1 aliphatic heterocycles. The molecule has 1 heterocycles. The molecule has 3 nitrogen and oxygen atoms in total. The molecule has 0 spiro atoms. The third-order valence-corrected chi connectivity index (χ3v) is 4.97. The van der Waals surface area contributed by atoms with Crippen LogP contribution in [0.15, 0.2) is 48.5 Å². The van der Waals surface area contributed by atoms with Gasteiger partial charge in [0.05, 0.1) is 6.61 Å². The highest BCUT2D eigenvalue weighted by atomic mass is 16.5. The SMILES string of the molecule is CC(C)(C)c1ccc(Oc2ccc(CN3CCC[C@@H]3CO)cc2)cc1. The Kier molecular flexibility index (Phi) is 5.45. The Labute approximate surface area is 151 Å². The molecular weight excluding hydrogens is 310 g/mol. The van der Waals surface area contributed by atoms with Crippen LogP contribution in [0.2, 0.25) is 0 Å². The highest BCUT2D eigenvalue weighted by Crippen LogP contribution is 2.27. The topological polar surface area (TPSA) is 32.7 Å². The lowest BCUT2D eigenvalue weighted by molar-refractivity contribution is 0.153. The molecule has 25 heavy (non-hydrogen) atoms. The van der Waals surface area contributed by atoms with Gasteiger partial charge in [-0.25, -0.2) is 0 Å². The number of aliphatic hydroxyl groups is 1. The molecule has 1 fully saturated rings. The maximum atomic E-state index is 9.43. The Morgan fingerprint density at radius 3 is 2.16 bits per heavy atom. The van der Waals surface area contributed by atoms with Crippen molar-refractivity contribution in [3.63, 3.8) is 0 Å². The van der Waals surface area contributed by atoms with Crippen LogP contribution in [0.5, 0.6) is 11.5 Å². The van der Waals surface area contributed by atoms with Crippen LogP contribution in [0.1, 0.15) is 44.7 Å². The fourth-order valence-corrected chi connectivity index (χ4v) is 3.37. The fourth-order valence-electron chi connectivity index (χ4n) is 3.37. The summed E-state index contributed by atoms with van der Waals surface area (Å²) in [6.07, 6.45) is 2.28. The minimum atomic E-state index is 0.155. The standard InChI is InChI=1S/C22H29NO2/c1-22(2,3)18-8-12-21(13-9-18)25-20-10-6-17(7-11-20)15-23-14-4-5-19(23)16-24/h6-13,19,24H,4-5,14-16H2,1-3H3/t19-/m1/s1. The minimum absolute atomic E-state index is 0.155. The average Bonchev–Trinajstić information content (AvgIpc) is 3.03. The van der Waals surface area contributed by atoms with E-state index in [0.717, 1.165) is 31.0 Å². The second kappa shape index (κ2) is 7.59. The summed E-state index contributed by atoms with van der Waals surface area (Å²) in [5, 5.41) is 9.43. The summed E-state index contributed by atoms with van der Waals surface area (Å²) in [7, 11) is 0. The van der Waals surface area contributed by atoms with Crippen LogP contribution in [0, 0.1) is 0 Å². The van der Waals surface area contributed by atoms with Gasteiger partial charge in [-0.05, 0) is 60.2 Å². The van der Waals surface area contributed by atoms with Crippen LogP contribution in [-0.2, 0) is 12.0 Å². The van der Waals surface area contributed by atoms with E-state index < -0.39 is 0 Å². The zero-order valence-electron chi connectivity index (χ0n) is 15.5. The van der Waals surface area contributed by atoms with Gasteiger partial charge in [0, 0.05) is 12.6 Å².